The van der Waals surface area contributed by atoms with E-state index in [9.17, 15) is 14.4 Å². The van der Waals surface area contributed by atoms with E-state index in [2.05, 4.69) is 5.32 Å². The Bertz CT molecular complexity index is 1470. The molecule has 1 fully saturated rings. The van der Waals surface area contributed by atoms with E-state index in [0.29, 0.717) is 23.6 Å². The van der Waals surface area contributed by atoms with E-state index >= 15 is 0 Å². The Morgan fingerprint density at radius 3 is 2.33 bits per heavy atom. The van der Waals surface area contributed by atoms with Crippen molar-refractivity contribution in [2.45, 2.75) is 6.61 Å². The second-order valence-electron chi connectivity index (χ2n) is 8.15. The monoisotopic (exact) mass is 494 g/mol. The number of carbonyl (C=O) groups excluding carboxylic acids is 3. The van der Waals surface area contributed by atoms with Gasteiger partial charge in [-0.05, 0) is 52.4 Å². The van der Waals surface area contributed by atoms with E-state index in [-0.39, 0.29) is 11.4 Å². The topological polar surface area (TPSA) is 75.7 Å². The molecule has 0 spiro atoms. The molecule has 1 N–H and O–H groups in total. The lowest BCUT2D eigenvalue weighted by Gasteiger charge is -2.13. The van der Waals surface area contributed by atoms with Crippen molar-refractivity contribution in [3.63, 3.8) is 0 Å². The number of rotatable bonds is 7. The molecule has 0 unspecified atom stereocenters. The SMILES string of the molecule is O=C(CN1C(=O)S/C(=C\c2c(OCc3ccccc3)ccc3ccccc23)C1=O)Nc1ccccc1. The van der Waals surface area contributed by atoms with E-state index in [1.54, 1.807) is 30.3 Å². The zero-order valence-electron chi connectivity index (χ0n) is 19.2. The number of amides is 3. The average molecular weight is 495 g/mol. The van der Waals surface area contributed by atoms with Crippen LogP contribution in [0.1, 0.15) is 11.1 Å². The van der Waals surface area contributed by atoms with Gasteiger partial charge in [-0.1, -0.05) is 78.9 Å². The highest BCUT2D eigenvalue weighted by Crippen LogP contribution is 2.37. The van der Waals surface area contributed by atoms with Gasteiger partial charge in [0.15, 0.2) is 0 Å². The summed E-state index contributed by atoms with van der Waals surface area (Å²) in [5, 5.41) is 4.10. The fraction of sp³-hybridized carbons (Fsp3) is 0.0690. The minimum absolute atomic E-state index is 0.244. The molecule has 7 heteroatoms. The highest BCUT2D eigenvalue weighted by atomic mass is 32.2. The first kappa shape index (κ1) is 23.4. The van der Waals surface area contributed by atoms with Crippen LogP contribution in [-0.2, 0) is 16.2 Å². The number of ether oxygens (including phenoxy) is 1. The van der Waals surface area contributed by atoms with Crippen LogP contribution in [0.2, 0.25) is 0 Å². The van der Waals surface area contributed by atoms with Crippen molar-refractivity contribution in [2.24, 2.45) is 0 Å². The fourth-order valence-corrected chi connectivity index (χ4v) is 4.74. The van der Waals surface area contributed by atoms with Crippen LogP contribution in [0.5, 0.6) is 5.75 Å². The van der Waals surface area contributed by atoms with Gasteiger partial charge in [-0.3, -0.25) is 19.3 Å². The molecule has 0 bridgehead atoms. The number of carbonyl (C=O) groups is 3. The van der Waals surface area contributed by atoms with Crippen molar-refractivity contribution < 1.29 is 19.1 Å². The summed E-state index contributed by atoms with van der Waals surface area (Å²) in [7, 11) is 0. The van der Waals surface area contributed by atoms with Crippen LogP contribution >= 0.6 is 11.8 Å². The maximum atomic E-state index is 13.1. The molecule has 6 nitrogen and oxygen atoms in total. The molecule has 4 aromatic rings. The van der Waals surface area contributed by atoms with E-state index in [4.69, 9.17) is 4.74 Å². The number of anilines is 1. The van der Waals surface area contributed by atoms with Crippen molar-refractivity contribution in [3.8, 4) is 5.75 Å². The van der Waals surface area contributed by atoms with E-state index < -0.39 is 17.1 Å². The van der Waals surface area contributed by atoms with Crippen LogP contribution in [0.25, 0.3) is 16.8 Å². The van der Waals surface area contributed by atoms with Gasteiger partial charge in [0.25, 0.3) is 11.1 Å². The zero-order chi connectivity index (χ0) is 24.9. The lowest BCUT2D eigenvalue weighted by atomic mass is 10.0. The predicted octanol–water partition coefficient (Wildman–Crippen LogP) is 6.09. The van der Waals surface area contributed by atoms with Gasteiger partial charge in [0.1, 0.15) is 18.9 Å². The van der Waals surface area contributed by atoms with Crippen LogP contribution in [0.15, 0.2) is 102 Å². The molecular formula is C29H22N2O4S. The Morgan fingerprint density at radius 2 is 1.56 bits per heavy atom. The Morgan fingerprint density at radius 1 is 0.861 bits per heavy atom. The molecular weight excluding hydrogens is 472 g/mol. The quantitative estimate of drug-likeness (QED) is 0.315. The van der Waals surface area contributed by atoms with Gasteiger partial charge in [0, 0.05) is 11.3 Å². The molecule has 5 rings (SSSR count). The Kier molecular flexibility index (Phi) is 6.82. The molecule has 1 aliphatic rings. The molecule has 3 amide bonds. The van der Waals surface area contributed by atoms with Gasteiger partial charge in [0.2, 0.25) is 5.91 Å². The number of thioether (sulfide) groups is 1. The normalized spacial score (nSPS) is 14.4. The van der Waals surface area contributed by atoms with Crippen molar-refractivity contribution in [1.82, 2.24) is 4.90 Å². The molecule has 0 radical (unpaired) electrons. The molecule has 0 atom stereocenters. The molecule has 0 aliphatic carbocycles. The van der Waals surface area contributed by atoms with E-state index in [0.717, 1.165) is 33.0 Å². The summed E-state index contributed by atoms with van der Waals surface area (Å²) in [4.78, 5) is 39.5. The number of para-hydroxylation sites is 1. The first-order valence-electron chi connectivity index (χ1n) is 11.4. The number of imide groups is 1. The Labute approximate surface area is 212 Å². The van der Waals surface area contributed by atoms with Crippen molar-refractivity contribution in [3.05, 3.63) is 113 Å². The summed E-state index contributed by atoms with van der Waals surface area (Å²) in [6.45, 7) is 0.00492. The van der Waals surface area contributed by atoms with Crippen LogP contribution in [0.4, 0.5) is 10.5 Å². The summed E-state index contributed by atoms with van der Waals surface area (Å²) in [6, 6.07) is 30.3. The molecule has 1 aliphatic heterocycles. The Hall–Kier alpha value is -4.36. The van der Waals surface area contributed by atoms with Gasteiger partial charge < -0.3 is 10.1 Å². The van der Waals surface area contributed by atoms with Crippen LogP contribution < -0.4 is 10.1 Å². The van der Waals surface area contributed by atoms with E-state index in [1.807, 2.05) is 72.8 Å². The van der Waals surface area contributed by atoms with Crippen molar-refractivity contribution in [1.29, 1.82) is 0 Å². The van der Waals surface area contributed by atoms with Crippen LogP contribution in [0.3, 0.4) is 0 Å². The maximum absolute atomic E-state index is 13.1. The third kappa shape index (κ3) is 5.16. The summed E-state index contributed by atoms with van der Waals surface area (Å²) in [6.07, 6.45) is 1.68. The Balaban J connectivity index is 1.41. The van der Waals surface area contributed by atoms with Gasteiger partial charge in [-0.15, -0.1) is 0 Å². The molecule has 0 saturated carbocycles. The highest BCUT2D eigenvalue weighted by Gasteiger charge is 2.36. The van der Waals surface area contributed by atoms with Crippen LogP contribution in [0, 0.1) is 0 Å². The number of hydrogen-bond acceptors (Lipinski definition) is 5. The molecule has 36 heavy (non-hydrogen) atoms. The number of nitrogens with zero attached hydrogens (tertiary/aromatic N) is 1. The number of benzene rings is 4. The first-order chi connectivity index (χ1) is 17.6. The summed E-state index contributed by atoms with van der Waals surface area (Å²) < 4.78 is 6.13. The first-order valence-corrected chi connectivity index (χ1v) is 12.2. The number of nitrogens with one attached hydrogen (secondary N) is 1. The fourth-order valence-electron chi connectivity index (χ4n) is 3.92. The molecule has 178 valence electrons. The number of hydrogen-bond donors (Lipinski definition) is 1. The minimum atomic E-state index is -0.504. The van der Waals surface area contributed by atoms with Gasteiger partial charge in [0.05, 0.1) is 4.91 Å². The maximum Gasteiger partial charge on any atom is 0.294 e. The summed E-state index contributed by atoms with van der Waals surface area (Å²) >= 11 is 0.820. The average Bonchev–Trinajstić information content (AvgIpc) is 3.16. The minimum Gasteiger partial charge on any atom is -0.488 e. The molecule has 1 saturated heterocycles. The third-order valence-corrected chi connectivity index (χ3v) is 6.58. The second kappa shape index (κ2) is 10.5. The van der Waals surface area contributed by atoms with Crippen molar-refractivity contribution in [2.75, 3.05) is 11.9 Å². The largest absolute Gasteiger partial charge is 0.488 e. The highest BCUT2D eigenvalue weighted by molar-refractivity contribution is 8.18. The summed E-state index contributed by atoms with van der Waals surface area (Å²) in [5.41, 5.74) is 2.32. The standard InChI is InChI=1S/C29H22N2O4S/c32-27(30-22-12-5-2-6-13-22)18-31-28(33)26(36-29(31)34)17-24-23-14-8-7-11-21(23)15-16-25(24)35-19-20-9-3-1-4-10-20/h1-17H,18-19H2,(H,30,32)/b26-17-. The van der Waals surface area contributed by atoms with E-state index in [1.165, 1.54) is 0 Å². The lowest BCUT2D eigenvalue weighted by molar-refractivity contribution is -0.127. The lowest BCUT2D eigenvalue weighted by Crippen LogP contribution is -2.36. The van der Waals surface area contributed by atoms with Gasteiger partial charge >= 0.3 is 0 Å². The zero-order valence-corrected chi connectivity index (χ0v) is 20.0. The second-order valence-corrected chi connectivity index (χ2v) is 9.15. The summed E-state index contributed by atoms with van der Waals surface area (Å²) in [5.74, 6) is -0.344. The smallest absolute Gasteiger partial charge is 0.294 e. The molecule has 4 aromatic carbocycles. The number of fused-ring (bicyclic) bond motifs is 1. The molecule has 1 heterocycles. The molecule has 0 aromatic heterocycles. The van der Waals surface area contributed by atoms with Crippen molar-refractivity contribution >= 4 is 51.4 Å². The predicted molar refractivity (Wildman–Crippen MR) is 142 cm³/mol. The van der Waals surface area contributed by atoms with Gasteiger partial charge in [-0.2, -0.15) is 0 Å². The van der Waals surface area contributed by atoms with Gasteiger partial charge in [-0.25, -0.2) is 0 Å². The van der Waals surface area contributed by atoms with Crippen LogP contribution in [-0.4, -0.2) is 28.5 Å². The third-order valence-electron chi connectivity index (χ3n) is 5.68.